The molecule has 0 radical (unpaired) electrons. The van der Waals surface area contributed by atoms with Crippen molar-refractivity contribution in [1.29, 1.82) is 0 Å². The molecule has 0 amide bonds. The van der Waals surface area contributed by atoms with Crippen LogP contribution in [0.4, 0.5) is 5.69 Å². The highest BCUT2D eigenvalue weighted by Gasteiger charge is 2.36. The van der Waals surface area contributed by atoms with Crippen LogP contribution >= 0.6 is 15.9 Å². The molecule has 2 nitrogen and oxygen atoms in total. The molecule has 1 aliphatic carbocycles. The largest absolute Gasteiger partial charge is 0.368 e. The lowest BCUT2D eigenvalue weighted by Crippen LogP contribution is -2.43. The van der Waals surface area contributed by atoms with Crippen molar-refractivity contribution in [3.8, 4) is 0 Å². The molecular weight excluding hydrogens is 324 g/mol. The minimum Gasteiger partial charge on any atom is -0.368 e. The highest BCUT2D eigenvalue weighted by Crippen LogP contribution is 2.41. The van der Waals surface area contributed by atoms with E-state index in [9.17, 15) is 0 Å². The van der Waals surface area contributed by atoms with Gasteiger partial charge in [0.05, 0.1) is 0 Å². The molecule has 2 aliphatic rings. The predicted octanol–water partition coefficient (Wildman–Crippen LogP) is 4.89. The number of rotatable bonds is 4. The van der Waals surface area contributed by atoms with Gasteiger partial charge in [-0.25, -0.2) is 0 Å². The first-order valence-electron chi connectivity index (χ1n) is 8.50. The standard InChI is InChI=1S/C18H27BrN2/c1-3-20-13(2)16-10-9-15(19)12-18(16)21-11-5-7-14-6-4-8-17(14)21/h9-10,12-14,17,20H,3-8,11H2,1-2H3. The summed E-state index contributed by atoms with van der Waals surface area (Å²) in [6, 6.07) is 8.01. The maximum absolute atomic E-state index is 3.68. The number of fused-ring (bicyclic) bond motifs is 1. The predicted molar refractivity (Wildman–Crippen MR) is 93.9 cm³/mol. The van der Waals surface area contributed by atoms with Gasteiger partial charge in [0.15, 0.2) is 0 Å². The van der Waals surface area contributed by atoms with E-state index in [-0.39, 0.29) is 0 Å². The summed E-state index contributed by atoms with van der Waals surface area (Å²) in [7, 11) is 0. The van der Waals surface area contributed by atoms with E-state index in [1.807, 2.05) is 0 Å². The number of halogens is 1. The van der Waals surface area contributed by atoms with Crippen LogP contribution in [0.25, 0.3) is 0 Å². The fraction of sp³-hybridized carbons (Fsp3) is 0.667. The third-order valence-corrected chi connectivity index (χ3v) is 5.77. The van der Waals surface area contributed by atoms with Crippen LogP contribution in [-0.4, -0.2) is 19.1 Å². The third kappa shape index (κ3) is 3.14. The smallest absolute Gasteiger partial charge is 0.0428 e. The van der Waals surface area contributed by atoms with Gasteiger partial charge in [-0.3, -0.25) is 0 Å². The maximum atomic E-state index is 3.68. The van der Waals surface area contributed by atoms with Crippen molar-refractivity contribution in [3.05, 3.63) is 28.2 Å². The van der Waals surface area contributed by atoms with Crippen molar-refractivity contribution in [2.75, 3.05) is 18.0 Å². The Hall–Kier alpha value is -0.540. The second kappa shape index (κ2) is 6.70. The number of anilines is 1. The number of nitrogens with one attached hydrogen (secondary N) is 1. The Labute approximate surface area is 137 Å². The monoisotopic (exact) mass is 350 g/mol. The normalized spacial score (nSPS) is 26.7. The van der Waals surface area contributed by atoms with Crippen molar-refractivity contribution >= 4 is 21.6 Å². The molecule has 3 unspecified atom stereocenters. The number of hydrogen-bond acceptors (Lipinski definition) is 2. The maximum Gasteiger partial charge on any atom is 0.0428 e. The molecule has 21 heavy (non-hydrogen) atoms. The second-order valence-corrected chi connectivity index (χ2v) is 7.49. The molecule has 1 heterocycles. The summed E-state index contributed by atoms with van der Waals surface area (Å²) in [6.07, 6.45) is 7.02. The van der Waals surface area contributed by atoms with Crippen LogP contribution in [0.5, 0.6) is 0 Å². The molecule has 1 saturated carbocycles. The first-order valence-corrected chi connectivity index (χ1v) is 9.29. The van der Waals surface area contributed by atoms with Crippen LogP contribution in [0.15, 0.2) is 22.7 Å². The summed E-state index contributed by atoms with van der Waals surface area (Å²) in [4.78, 5) is 2.72. The van der Waals surface area contributed by atoms with Gasteiger partial charge < -0.3 is 10.2 Å². The summed E-state index contributed by atoms with van der Waals surface area (Å²) in [5.41, 5.74) is 2.90. The minimum atomic E-state index is 0.417. The zero-order valence-corrected chi connectivity index (χ0v) is 14.8. The first kappa shape index (κ1) is 15.4. The van der Waals surface area contributed by atoms with Crippen LogP contribution in [0.1, 0.15) is 57.6 Å². The van der Waals surface area contributed by atoms with Gasteiger partial charge in [0, 0.05) is 28.8 Å². The van der Waals surface area contributed by atoms with E-state index in [1.54, 1.807) is 0 Å². The zero-order valence-electron chi connectivity index (χ0n) is 13.2. The van der Waals surface area contributed by atoms with Gasteiger partial charge in [0.2, 0.25) is 0 Å². The third-order valence-electron chi connectivity index (χ3n) is 5.27. The van der Waals surface area contributed by atoms with Crippen LogP contribution in [0.3, 0.4) is 0 Å². The van der Waals surface area contributed by atoms with Gasteiger partial charge >= 0.3 is 0 Å². The van der Waals surface area contributed by atoms with E-state index in [2.05, 4.69) is 58.2 Å². The van der Waals surface area contributed by atoms with Gasteiger partial charge in [-0.05, 0) is 62.8 Å². The van der Waals surface area contributed by atoms with Crippen LogP contribution in [0.2, 0.25) is 0 Å². The molecule has 0 bridgehead atoms. The SMILES string of the molecule is CCNC(C)c1ccc(Br)cc1N1CCCC2CCCC21. The lowest BCUT2D eigenvalue weighted by Gasteiger charge is -2.41. The summed E-state index contributed by atoms with van der Waals surface area (Å²) in [6.45, 7) is 6.71. The summed E-state index contributed by atoms with van der Waals surface area (Å²) in [5.74, 6) is 0.931. The first-order chi connectivity index (χ1) is 10.2. The molecule has 3 atom stereocenters. The van der Waals surface area contributed by atoms with E-state index in [1.165, 1.54) is 54.4 Å². The summed E-state index contributed by atoms with van der Waals surface area (Å²) < 4.78 is 1.20. The highest BCUT2D eigenvalue weighted by molar-refractivity contribution is 9.10. The van der Waals surface area contributed by atoms with E-state index in [0.717, 1.165) is 18.5 Å². The molecule has 0 aromatic heterocycles. The molecule has 2 fully saturated rings. The molecule has 1 N–H and O–H groups in total. The zero-order chi connectivity index (χ0) is 14.8. The number of benzene rings is 1. The van der Waals surface area contributed by atoms with Crippen LogP contribution in [0, 0.1) is 5.92 Å². The fourth-order valence-electron chi connectivity index (χ4n) is 4.30. The van der Waals surface area contributed by atoms with Gasteiger partial charge in [-0.2, -0.15) is 0 Å². The minimum absolute atomic E-state index is 0.417. The van der Waals surface area contributed by atoms with Crippen molar-refractivity contribution in [2.24, 2.45) is 5.92 Å². The number of nitrogens with zero attached hydrogens (tertiary/aromatic N) is 1. The van der Waals surface area contributed by atoms with Crippen molar-refractivity contribution in [3.63, 3.8) is 0 Å². The Morgan fingerprint density at radius 2 is 2.10 bits per heavy atom. The Morgan fingerprint density at radius 1 is 1.29 bits per heavy atom. The van der Waals surface area contributed by atoms with Crippen molar-refractivity contribution < 1.29 is 0 Å². The topological polar surface area (TPSA) is 15.3 Å². The number of piperidine rings is 1. The molecule has 3 rings (SSSR count). The van der Waals surface area contributed by atoms with E-state index < -0.39 is 0 Å². The molecule has 1 aromatic carbocycles. The molecule has 1 saturated heterocycles. The Morgan fingerprint density at radius 3 is 2.90 bits per heavy atom. The van der Waals surface area contributed by atoms with Crippen LogP contribution < -0.4 is 10.2 Å². The molecule has 1 aromatic rings. The average Bonchev–Trinajstić information content (AvgIpc) is 2.95. The molecule has 3 heteroatoms. The van der Waals surface area contributed by atoms with E-state index in [0.29, 0.717) is 6.04 Å². The van der Waals surface area contributed by atoms with Crippen molar-refractivity contribution in [1.82, 2.24) is 5.32 Å². The lowest BCUT2D eigenvalue weighted by atomic mass is 9.90. The van der Waals surface area contributed by atoms with E-state index in [4.69, 9.17) is 0 Å². The van der Waals surface area contributed by atoms with Gasteiger partial charge in [-0.1, -0.05) is 35.3 Å². The van der Waals surface area contributed by atoms with Gasteiger partial charge in [-0.15, -0.1) is 0 Å². The quantitative estimate of drug-likeness (QED) is 0.831. The van der Waals surface area contributed by atoms with Gasteiger partial charge in [0.25, 0.3) is 0 Å². The van der Waals surface area contributed by atoms with Crippen molar-refractivity contribution in [2.45, 2.75) is 58.0 Å². The second-order valence-electron chi connectivity index (χ2n) is 6.58. The number of hydrogen-bond donors (Lipinski definition) is 1. The van der Waals surface area contributed by atoms with Crippen LogP contribution in [-0.2, 0) is 0 Å². The highest BCUT2D eigenvalue weighted by atomic mass is 79.9. The lowest BCUT2D eigenvalue weighted by molar-refractivity contribution is 0.361. The molecule has 116 valence electrons. The van der Waals surface area contributed by atoms with Gasteiger partial charge in [0.1, 0.15) is 0 Å². The average molecular weight is 351 g/mol. The summed E-state index contributed by atoms with van der Waals surface area (Å²) in [5, 5.41) is 3.58. The fourth-order valence-corrected chi connectivity index (χ4v) is 4.65. The molecular formula is C18H27BrN2. The Kier molecular flexibility index (Phi) is 4.90. The Bertz CT molecular complexity index is 488. The molecule has 0 spiro atoms. The van der Waals surface area contributed by atoms with E-state index >= 15 is 0 Å². The molecule has 1 aliphatic heterocycles. The Balaban J connectivity index is 1.94. The summed E-state index contributed by atoms with van der Waals surface area (Å²) >= 11 is 3.68.